The third-order valence-electron chi connectivity index (χ3n) is 4.09. The Bertz CT molecular complexity index is 910. The third kappa shape index (κ3) is 3.00. The van der Waals surface area contributed by atoms with E-state index in [4.69, 9.17) is 4.11 Å². The van der Waals surface area contributed by atoms with Crippen molar-refractivity contribution >= 4 is 0 Å². The van der Waals surface area contributed by atoms with E-state index in [1.807, 2.05) is 36.4 Å². The van der Waals surface area contributed by atoms with Crippen molar-refractivity contribution < 1.29 is 4.11 Å². The van der Waals surface area contributed by atoms with Crippen LogP contribution < -0.4 is 0 Å². The molecule has 0 saturated carbocycles. The van der Waals surface area contributed by atoms with Crippen LogP contribution in [-0.2, 0) is 0 Å². The van der Waals surface area contributed by atoms with E-state index < -0.39 is 0 Å². The molecule has 0 aliphatic heterocycles. The molecule has 0 heterocycles. The molecule has 114 valence electrons. The van der Waals surface area contributed by atoms with Gasteiger partial charge >= 0.3 is 0 Å². The van der Waals surface area contributed by atoms with Crippen LogP contribution in [0.5, 0.6) is 0 Å². The molecule has 0 atom stereocenters. The molecule has 4 aromatic rings. The standard InChI is InChI=1S/C24H18/c1-4-10-19(11-5-1)22-16-23(20-12-6-2-7-13-20)18-24(17-22)21-14-8-3-9-15-21/h1-18H/i1D,2D,3D. The van der Waals surface area contributed by atoms with Gasteiger partial charge in [-0.15, -0.1) is 0 Å². The van der Waals surface area contributed by atoms with Crippen molar-refractivity contribution in [3.8, 4) is 33.4 Å². The van der Waals surface area contributed by atoms with Crippen molar-refractivity contribution in [2.45, 2.75) is 0 Å². The maximum Gasteiger partial charge on any atom is 0.0623 e. The van der Waals surface area contributed by atoms with Crippen LogP contribution in [0.25, 0.3) is 33.4 Å². The van der Waals surface area contributed by atoms with Crippen LogP contribution in [0.4, 0.5) is 0 Å². The number of hydrogen-bond acceptors (Lipinski definition) is 0. The van der Waals surface area contributed by atoms with Gasteiger partial charge in [0.05, 0.1) is 4.11 Å². The molecular formula is C24H18. The smallest absolute Gasteiger partial charge is 0.0622 e. The van der Waals surface area contributed by atoms with E-state index in [0.717, 1.165) is 33.4 Å². The van der Waals surface area contributed by atoms with Gasteiger partial charge in [-0.25, -0.2) is 0 Å². The Balaban J connectivity index is 1.89. The first-order chi connectivity index (χ1) is 13.1. The van der Waals surface area contributed by atoms with Gasteiger partial charge in [0.2, 0.25) is 0 Å². The Kier molecular flexibility index (Phi) is 3.12. The van der Waals surface area contributed by atoms with Crippen molar-refractivity contribution in [3.63, 3.8) is 0 Å². The van der Waals surface area contributed by atoms with Crippen LogP contribution in [0.2, 0.25) is 0 Å². The number of hydrogen-bond donors (Lipinski definition) is 0. The highest BCUT2D eigenvalue weighted by Crippen LogP contribution is 2.32. The van der Waals surface area contributed by atoms with Gasteiger partial charge in [-0.3, -0.25) is 0 Å². The Morgan fingerprint density at radius 2 is 0.625 bits per heavy atom. The van der Waals surface area contributed by atoms with Crippen LogP contribution in [0.3, 0.4) is 0 Å². The summed E-state index contributed by atoms with van der Waals surface area (Å²) >= 11 is 0. The second kappa shape index (κ2) is 6.55. The van der Waals surface area contributed by atoms with Crippen molar-refractivity contribution in [1.82, 2.24) is 0 Å². The van der Waals surface area contributed by atoms with E-state index in [1.165, 1.54) is 0 Å². The monoisotopic (exact) mass is 309 g/mol. The van der Waals surface area contributed by atoms with Crippen molar-refractivity contribution in [2.24, 2.45) is 0 Å². The molecule has 0 heteroatoms. The van der Waals surface area contributed by atoms with Gasteiger partial charge in [0.15, 0.2) is 0 Å². The predicted molar refractivity (Wildman–Crippen MR) is 103 cm³/mol. The van der Waals surface area contributed by atoms with Crippen molar-refractivity contribution in [1.29, 1.82) is 0 Å². The lowest BCUT2D eigenvalue weighted by Gasteiger charge is -2.11. The fraction of sp³-hybridized carbons (Fsp3) is 0. The molecule has 4 rings (SSSR count). The van der Waals surface area contributed by atoms with Gasteiger partial charge in [-0.05, 0) is 51.6 Å². The SMILES string of the molecule is [2H]c1ccc(-c2cc(-c3ccc([2H])cc3)cc(-c3ccc([2H])cc3)c2)cc1. The Hall–Kier alpha value is -3.12. The minimum absolute atomic E-state index is 0.493. The summed E-state index contributed by atoms with van der Waals surface area (Å²) in [5, 5.41) is 0. The van der Waals surface area contributed by atoms with Gasteiger partial charge in [0, 0.05) is 0 Å². The van der Waals surface area contributed by atoms with Gasteiger partial charge in [0.25, 0.3) is 0 Å². The quantitative estimate of drug-likeness (QED) is 0.395. The van der Waals surface area contributed by atoms with Gasteiger partial charge in [-0.2, -0.15) is 0 Å². The predicted octanol–water partition coefficient (Wildman–Crippen LogP) is 6.69. The van der Waals surface area contributed by atoms with E-state index in [0.29, 0.717) is 18.1 Å². The van der Waals surface area contributed by atoms with E-state index >= 15 is 0 Å². The molecule has 0 aliphatic carbocycles. The van der Waals surface area contributed by atoms with Gasteiger partial charge in [-0.1, -0.05) is 90.9 Å². The summed E-state index contributed by atoms with van der Waals surface area (Å²) in [4.78, 5) is 0. The van der Waals surface area contributed by atoms with E-state index in [9.17, 15) is 0 Å². The molecule has 0 amide bonds. The van der Waals surface area contributed by atoms with Crippen molar-refractivity contribution in [2.75, 3.05) is 0 Å². The largest absolute Gasteiger partial charge is 0.0623 e. The highest BCUT2D eigenvalue weighted by Gasteiger charge is 2.06. The molecular weight excluding hydrogens is 288 g/mol. The zero-order valence-electron chi connectivity index (χ0n) is 16.2. The molecule has 0 saturated heterocycles. The molecule has 0 nitrogen and oxygen atoms in total. The van der Waals surface area contributed by atoms with Crippen LogP contribution in [0.1, 0.15) is 4.11 Å². The molecule has 0 radical (unpaired) electrons. The molecule has 0 N–H and O–H groups in total. The van der Waals surface area contributed by atoms with E-state index in [2.05, 4.69) is 18.2 Å². The average molecular weight is 309 g/mol. The summed E-state index contributed by atoms with van der Waals surface area (Å²) in [5.41, 5.74) is 6.40. The molecule has 0 spiro atoms. The van der Waals surface area contributed by atoms with Gasteiger partial charge < -0.3 is 0 Å². The van der Waals surface area contributed by atoms with Crippen LogP contribution >= 0.6 is 0 Å². The zero-order valence-corrected chi connectivity index (χ0v) is 13.2. The normalized spacial score (nSPS) is 12.2. The maximum atomic E-state index is 7.71. The summed E-state index contributed by atoms with van der Waals surface area (Å²) in [5.74, 6) is 0. The zero-order chi connectivity index (χ0) is 18.8. The summed E-state index contributed by atoms with van der Waals surface area (Å²) < 4.78 is 23.1. The Morgan fingerprint density at radius 3 is 0.875 bits per heavy atom. The van der Waals surface area contributed by atoms with Crippen LogP contribution in [-0.4, -0.2) is 0 Å². The number of benzene rings is 4. The fourth-order valence-corrected chi connectivity index (χ4v) is 2.87. The van der Waals surface area contributed by atoms with Crippen molar-refractivity contribution in [3.05, 3.63) is 109 Å². The summed E-state index contributed by atoms with van der Waals surface area (Å²) in [7, 11) is 0. The lowest BCUT2D eigenvalue weighted by Crippen LogP contribution is -1.85. The highest BCUT2D eigenvalue weighted by atomic mass is 14.1. The lowest BCUT2D eigenvalue weighted by atomic mass is 9.93. The molecule has 0 fully saturated rings. The molecule has 4 aromatic carbocycles. The first kappa shape index (κ1) is 11.4. The highest BCUT2D eigenvalue weighted by molar-refractivity contribution is 5.81. The fourth-order valence-electron chi connectivity index (χ4n) is 2.87. The summed E-state index contributed by atoms with van der Waals surface area (Å²) in [6.45, 7) is 0. The summed E-state index contributed by atoms with van der Waals surface area (Å²) in [6.07, 6.45) is 0. The topological polar surface area (TPSA) is 0 Å². The number of rotatable bonds is 3. The third-order valence-corrected chi connectivity index (χ3v) is 4.09. The second-order valence-corrected chi connectivity index (χ2v) is 5.67. The van der Waals surface area contributed by atoms with E-state index in [-0.39, 0.29) is 0 Å². The molecule has 0 bridgehead atoms. The molecule has 0 unspecified atom stereocenters. The molecule has 0 aromatic heterocycles. The summed E-state index contributed by atoms with van der Waals surface area (Å²) in [6, 6.07) is 30.5. The minimum atomic E-state index is 0.493. The molecule has 0 aliphatic rings. The van der Waals surface area contributed by atoms with E-state index in [1.54, 1.807) is 36.4 Å². The minimum Gasteiger partial charge on any atom is -0.0622 e. The molecule has 24 heavy (non-hydrogen) atoms. The van der Waals surface area contributed by atoms with Gasteiger partial charge in [0.1, 0.15) is 0 Å². The maximum absolute atomic E-state index is 7.71. The first-order valence-electron chi connectivity index (χ1n) is 9.45. The average Bonchev–Trinajstić information content (AvgIpc) is 2.69. The lowest BCUT2D eigenvalue weighted by molar-refractivity contribution is 1.56. The van der Waals surface area contributed by atoms with Crippen LogP contribution in [0, 0.1) is 0 Å². The Morgan fingerprint density at radius 1 is 0.375 bits per heavy atom. The van der Waals surface area contributed by atoms with Crippen LogP contribution in [0.15, 0.2) is 109 Å². The Labute approximate surface area is 147 Å². The second-order valence-electron chi connectivity index (χ2n) is 5.67. The first-order valence-corrected chi connectivity index (χ1v) is 7.95.